The van der Waals surface area contributed by atoms with Crippen LogP contribution in [-0.2, 0) is 11.8 Å². The molecule has 0 radical (unpaired) electrons. The molecule has 2 aromatic carbocycles. The van der Waals surface area contributed by atoms with E-state index in [9.17, 15) is 0 Å². The molecule has 3 aromatic rings. The number of nitrogens with zero attached hydrogens (tertiary/aromatic N) is 1. The Labute approximate surface area is 153 Å². The Morgan fingerprint density at radius 2 is 1.28 bits per heavy atom. The zero-order chi connectivity index (χ0) is 18.5. The molecule has 0 aliphatic heterocycles. The topological polar surface area (TPSA) is 12.9 Å². The highest BCUT2D eigenvalue weighted by Gasteiger charge is 2.12. The van der Waals surface area contributed by atoms with E-state index in [1.165, 1.54) is 16.6 Å². The fraction of sp³-hybridized carbons (Fsp3) is 0.375. The molecule has 0 saturated heterocycles. The fourth-order valence-corrected chi connectivity index (χ4v) is 2.69. The van der Waals surface area contributed by atoms with E-state index in [4.69, 9.17) is 0 Å². The molecule has 1 heteroatoms. The number of hydrogen-bond donors (Lipinski definition) is 0. The molecule has 0 atom stereocenters. The summed E-state index contributed by atoms with van der Waals surface area (Å²) in [4.78, 5) is 4.66. The first-order valence-corrected chi connectivity index (χ1v) is 9.05. The Morgan fingerprint density at radius 1 is 0.680 bits per heavy atom. The molecule has 0 saturated carbocycles. The molecule has 0 N–H and O–H groups in total. The summed E-state index contributed by atoms with van der Waals surface area (Å²) < 4.78 is 0. The predicted molar refractivity (Wildman–Crippen MR) is 110 cm³/mol. The lowest BCUT2D eigenvalue weighted by molar-refractivity contribution is 0.407. The van der Waals surface area contributed by atoms with E-state index in [-0.39, 0.29) is 0 Å². The van der Waals surface area contributed by atoms with E-state index >= 15 is 0 Å². The molecule has 1 aromatic heterocycles. The van der Waals surface area contributed by atoms with Gasteiger partial charge in [0.25, 0.3) is 0 Å². The zero-order valence-corrected chi connectivity index (χ0v) is 16.5. The summed E-state index contributed by atoms with van der Waals surface area (Å²) in [5, 5.41) is 1.22. The van der Waals surface area contributed by atoms with Crippen LogP contribution in [0.15, 0.2) is 66.7 Å². The molecule has 132 valence electrons. The highest BCUT2D eigenvalue weighted by atomic mass is 14.7. The van der Waals surface area contributed by atoms with Gasteiger partial charge in [-0.2, -0.15) is 0 Å². The number of rotatable bonds is 1. The number of pyridine rings is 1. The van der Waals surface area contributed by atoms with Gasteiger partial charge in [-0.05, 0) is 34.9 Å². The second-order valence-electron chi connectivity index (χ2n) is 8.85. The van der Waals surface area contributed by atoms with Crippen LogP contribution in [-0.4, -0.2) is 4.98 Å². The van der Waals surface area contributed by atoms with Gasteiger partial charge in [0.1, 0.15) is 0 Å². The summed E-state index contributed by atoms with van der Waals surface area (Å²) in [6.45, 7) is 13.4. The molecule has 0 fully saturated rings. The Bertz CT molecular complexity index is 789. The quantitative estimate of drug-likeness (QED) is 0.477. The van der Waals surface area contributed by atoms with E-state index in [0.29, 0.717) is 10.8 Å². The first-order valence-electron chi connectivity index (χ1n) is 9.05. The summed E-state index contributed by atoms with van der Waals surface area (Å²) in [5.41, 5.74) is 4.27. The van der Waals surface area contributed by atoms with Crippen LogP contribution in [0.2, 0.25) is 0 Å². The van der Waals surface area contributed by atoms with Gasteiger partial charge in [-0.3, -0.25) is 4.98 Å². The average Bonchev–Trinajstić information content (AvgIpc) is 2.54. The molecule has 0 bridgehead atoms. The number of aromatic nitrogens is 1. The van der Waals surface area contributed by atoms with E-state index in [2.05, 4.69) is 101 Å². The molecule has 1 nitrogen and oxygen atoms in total. The first-order chi connectivity index (χ1) is 11.6. The van der Waals surface area contributed by atoms with Crippen molar-refractivity contribution < 1.29 is 0 Å². The van der Waals surface area contributed by atoms with E-state index in [1.54, 1.807) is 0 Å². The third-order valence-corrected chi connectivity index (χ3v) is 4.01. The van der Waals surface area contributed by atoms with Crippen molar-refractivity contribution in [2.24, 2.45) is 5.41 Å². The van der Waals surface area contributed by atoms with Crippen molar-refractivity contribution >= 4 is 10.9 Å². The van der Waals surface area contributed by atoms with Gasteiger partial charge in [-0.25, -0.2) is 0 Å². The van der Waals surface area contributed by atoms with Gasteiger partial charge in [-0.15, -0.1) is 0 Å². The maximum absolute atomic E-state index is 4.66. The normalized spacial score (nSPS) is 11.8. The highest BCUT2D eigenvalue weighted by Crippen LogP contribution is 2.21. The van der Waals surface area contributed by atoms with Crippen molar-refractivity contribution in [3.8, 4) is 0 Å². The molecule has 0 aliphatic rings. The second kappa shape index (κ2) is 7.82. The Kier molecular flexibility index (Phi) is 6.00. The van der Waals surface area contributed by atoms with Gasteiger partial charge in [0.2, 0.25) is 0 Å². The Morgan fingerprint density at radius 3 is 1.84 bits per heavy atom. The monoisotopic (exact) mass is 333 g/mol. The minimum atomic E-state index is 0.293. The lowest BCUT2D eigenvalue weighted by Gasteiger charge is -2.18. The summed E-state index contributed by atoms with van der Waals surface area (Å²) in [6.07, 6.45) is 1.03. The average molecular weight is 334 g/mol. The van der Waals surface area contributed by atoms with Gasteiger partial charge in [-0.1, -0.05) is 96.1 Å². The highest BCUT2D eigenvalue weighted by molar-refractivity contribution is 5.78. The lowest BCUT2D eigenvalue weighted by Crippen LogP contribution is -2.10. The van der Waals surface area contributed by atoms with Crippen LogP contribution in [0.4, 0.5) is 0 Å². The van der Waals surface area contributed by atoms with Crippen molar-refractivity contribution in [2.75, 3.05) is 0 Å². The van der Waals surface area contributed by atoms with Crippen molar-refractivity contribution in [3.63, 3.8) is 0 Å². The molecular formula is C24H31N. The lowest BCUT2D eigenvalue weighted by atomic mass is 9.87. The van der Waals surface area contributed by atoms with E-state index in [1.807, 2.05) is 12.1 Å². The van der Waals surface area contributed by atoms with Crippen LogP contribution in [0.1, 0.15) is 52.8 Å². The van der Waals surface area contributed by atoms with E-state index < -0.39 is 0 Å². The zero-order valence-electron chi connectivity index (χ0n) is 16.5. The Balaban J connectivity index is 0.000000196. The molecule has 0 amide bonds. The summed E-state index contributed by atoms with van der Waals surface area (Å²) >= 11 is 0. The standard InChI is InChI=1S/C14H17N.C10H14/c1-14(2,3)10-12-9-8-11-6-4-5-7-13(11)15-12;1-10(2,3)9-7-5-4-6-8-9/h4-9H,10H2,1-3H3;4-8H,1-3H3. The second-order valence-corrected chi connectivity index (χ2v) is 8.85. The molecule has 25 heavy (non-hydrogen) atoms. The molecule has 1 heterocycles. The maximum Gasteiger partial charge on any atom is 0.0705 e. The molecule has 0 unspecified atom stereocenters. The van der Waals surface area contributed by atoms with Crippen molar-refractivity contribution in [1.29, 1.82) is 0 Å². The van der Waals surface area contributed by atoms with Crippen molar-refractivity contribution in [3.05, 3.63) is 78.0 Å². The minimum Gasteiger partial charge on any atom is -0.253 e. The van der Waals surface area contributed by atoms with Gasteiger partial charge in [0.15, 0.2) is 0 Å². The SMILES string of the molecule is CC(C)(C)Cc1ccc2ccccc2n1.CC(C)(C)c1ccccc1. The van der Waals surface area contributed by atoms with Crippen LogP contribution in [0, 0.1) is 5.41 Å². The Hall–Kier alpha value is -2.15. The number of para-hydroxylation sites is 1. The van der Waals surface area contributed by atoms with Crippen LogP contribution < -0.4 is 0 Å². The third kappa shape index (κ3) is 6.34. The van der Waals surface area contributed by atoms with E-state index in [0.717, 1.165) is 11.9 Å². The molecule has 0 aliphatic carbocycles. The largest absolute Gasteiger partial charge is 0.253 e. The van der Waals surface area contributed by atoms with Crippen molar-refractivity contribution in [1.82, 2.24) is 4.98 Å². The third-order valence-electron chi connectivity index (χ3n) is 4.01. The van der Waals surface area contributed by atoms with Gasteiger partial charge < -0.3 is 0 Å². The van der Waals surface area contributed by atoms with Gasteiger partial charge in [0.05, 0.1) is 5.52 Å². The first kappa shape index (κ1) is 19.2. The molecule has 3 rings (SSSR count). The summed E-state index contributed by atoms with van der Waals surface area (Å²) in [5.74, 6) is 0. The maximum atomic E-state index is 4.66. The number of hydrogen-bond acceptors (Lipinski definition) is 1. The predicted octanol–water partition coefficient (Wildman–Crippen LogP) is 6.81. The number of fused-ring (bicyclic) bond motifs is 1. The number of benzene rings is 2. The summed E-state index contributed by atoms with van der Waals surface area (Å²) in [7, 11) is 0. The minimum absolute atomic E-state index is 0.293. The van der Waals surface area contributed by atoms with Gasteiger partial charge >= 0.3 is 0 Å². The van der Waals surface area contributed by atoms with Crippen LogP contribution in [0.25, 0.3) is 10.9 Å². The summed E-state index contributed by atoms with van der Waals surface area (Å²) in [6, 6.07) is 23.1. The van der Waals surface area contributed by atoms with Gasteiger partial charge in [0, 0.05) is 11.1 Å². The van der Waals surface area contributed by atoms with Crippen LogP contribution in [0.5, 0.6) is 0 Å². The fourth-order valence-electron chi connectivity index (χ4n) is 2.69. The smallest absolute Gasteiger partial charge is 0.0705 e. The van der Waals surface area contributed by atoms with Crippen LogP contribution >= 0.6 is 0 Å². The van der Waals surface area contributed by atoms with Crippen LogP contribution in [0.3, 0.4) is 0 Å². The molecular weight excluding hydrogens is 302 g/mol. The molecule has 0 spiro atoms. The van der Waals surface area contributed by atoms with Crippen molar-refractivity contribution in [2.45, 2.75) is 53.4 Å².